The van der Waals surface area contributed by atoms with Crippen LogP contribution in [0.5, 0.6) is 11.5 Å². The van der Waals surface area contributed by atoms with E-state index in [0.29, 0.717) is 58.9 Å². The minimum atomic E-state index is -1.04. The van der Waals surface area contributed by atoms with Crippen LogP contribution in [0.4, 0.5) is 16.2 Å². The van der Waals surface area contributed by atoms with Crippen LogP contribution >= 0.6 is 11.8 Å². The molecule has 7 aromatic carbocycles. The number of rotatable bonds is 17. The summed E-state index contributed by atoms with van der Waals surface area (Å²) < 4.78 is 15.6. The van der Waals surface area contributed by atoms with E-state index in [4.69, 9.17) is 30.5 Å². The van der Waals surface area contributed by atoms with E-state index in [1.165, 1.54) is 16.7 Å². The number of carboxylic acid groups (broad SMARTS) is 1. The molecule has 2 aromatic heterocycles. The minimum absolute atomic E-state index is 0.159. The molecule has 3 N–H and O–H groups in total. The number of aromatic nitrogens is 6. The van der Waals surface area contributed by atoms with E-state index < -0.39 is 23.2 Å². The molecule has 2 heterocycles. The molecular weight excluding hydrogens is 933 g/mol. The molecule has 9 aromatic rings. The molecule has 0 unspecified atom stereocenters. The van der Waals surface area contributed by atoms with Gasteiger partial charge in [0.2, 0.25) is 0 Å². The summed E-state index contributed by atoms with van der Waals surface area (Å²) in [4.78, 5) is 33.1. The number of amides is 1. The highest BCUT2D eigenvalue weighted by Gasteiger charge is 2.42. The summed E-state index contributed by atoms with van der Waals surface area (Å²) in [5.74, 6) is 1.61. The number of anilines is 2. The van der Waals surface area contributed by atoms with E-state index in [0.717, 1.165) is 50.3 Å². The van der Waals surface area contributed by atoms with Gasteiger partial charge in [0.15, 0.2) is 11.5 Å². The van der Waals surface area contributed by atoms with Gasteiger partial charge in [0.1, 0.15) is 28.5 Å². The number of thioether (sulfide) groups is 1. The second kappa shape index (κ2) is 21.5. The first-order valence-electron chi connectivity index (χ1n) is 24.1. The summed E-state index contributed by atoms with van der Waals surface area (Å²) in [7, 11) is 1.60. The summed E-state index contributed by atoms with van der Waals surface area (Å²) in [5.41, 5.74) is 12.8. The van der Waals surface area contributed by atoms with Crippen molar-refractivity contribution in [3.8, 4) is 34.0 Å². The number of imidazole rings is 1. The highest BCUT2D eigenvalue weighted by molar-refractivity contribution is 7.98. The van der Waals surface area contributed by atoms with E-state index in [1.54, 1.807) is 46.0 Å². The van der Waals surface area contributed by atoms with E-state index in [1.807, 2.05) is 118 Å². The van der Waals surface area contributed by atoms with Crippen LogP contribution < -0.4 is 15.4 Å². The number of carbonyl (C=O) groups is 2. The van der Waals surface area contributed by atoms with Crippen LogP contribution in [0.15, 0.2) is 187 Å². The van der Waals surface area contributed by atoms with Gasteiger partial charge < -0.3 is 24.9 Å². The number of nitrogens with two attached hydrogens (primary N) is 1. The quantitative estimate of drug-likeness (QED) is 0.0507. The number of nitrogens with zero attached hydrogens (tertiary/aromatic N) is 7. The highest BCUT2D eigenvalue weighted by atomic mass is 32.2. The number of aryl methyl sites for hydroxylation is 1. The van der Waals surface area contributed by atoms with Crippen molar-refractivity contribution in [1.29, 1.82) is 0 Å². The van der Waals surface area contributed by atoms with Crippen LogP contribution in [0.2, 0.25) is 0 Å². The van der Waals surface area contributed by atoms with Gasteiger partial charge in [-0.25, -0.2) is 19.3 Å². The normalized spacial score (nSPS) is 11.6. The number of aromatic carboxylic acids is 1. The molecule has 14 heteroatoms. The second-order valence-corrected chi connectivity index (χ2v) is 19.6. The average molecular weight is 989 g/mol. The summed E-state index contributed by atoms with van der Waals surface area (Å²) >= 11 is 1.47. The third-order valence-corrected chi connectivity index (χ3v) is 13.4. The Labute approximate surface area is 429 Å². The molecule has 0 atom stereocenters. The van der Waals surface area contributed by atoms with Crippen LogP contribution in [0.25, 0.3) is 22.5 Å². The Bertz CT molecular complexity index is 3260. The van der Waals surface area contributed by atoms with E-state index in [-0.39, 0.29) is 5.69 Å². The molecule has 0 aliphatic carbocycles. The highest BCUT2D eigenvalue weighted by Crippen LogP contribution is 2.44. The fraction of sp³-hybridized carbons (Fsp3) is 0.186. The molecule has 0 bridgehead atoms. The van der Waals surface area contributed by atoms with Crippen molar-refractivity contribution >= 4 is 35.2 Å². The Balaban J connectivity index is 0.975. The smallest absolute Gasteiger partial charge is 0.414 e. The Hall–Kier alpha value is -8.49. The zero-order chi connectivity index (χ0) is 51.1. The molecule has 73 heavy (non-hydrogen) atoms. The molecule has 0 spiro atoms. The first-order chi connectivity index (χ1) is 35.3. The summed E-state index contributed by atoms with van der Waals surface area (Å²) in [6.07, 6.45) is 0.858. The molecule has 0 saturated heterocycles. The molecule has 0 aliphatic rings. The van der Waals surface area contributed by atoms with Gasteiger partial charge in [0.05, 0.1) is 17.1 Å². The monoisotopic (exact) mass is 988 g/mol. The van der Waals surface area contributed by atoms with Gasteiger partial charge in [-0.05, 0) is 101 Å². The van der Waals surface area contributed by atoms with Gasteiger partial charge in [-0.3, -0.25) is 4.90 Å². The van der Waals surface area contributed by atoms with Gasteiger partial charge in [0, 0.05) is 42.3 Å². The topological polar surface area (TPSA) is 164 Å². The molecular formula is C59H56N8O5S. The molecule has 368 valence electrons. The van der Waals surface area contributed by atoms with E-state index in [9.17, 15) is 14.7 Å². The number of nitrogen functional groups attached to an aromatic ring is 1. The molecule has 0 aliphatic heterocycles. The van der Waals surface area contributed by atoms with Gasteiger partial charge in [-0.1, -0.05) is 153 Å². The zero-order valence-corrected chi connectivity index (χ0v) is 42.2. The van der Waals surface area contributed by atoms with Gasteiger partial charge in [-0.2, -0.15) is 0 Å². The number of ether oxygens (including phenoxy) is 2. The van der Waals surface area contributed by atoms with Crippen molar-refractivity contribution in [3.05, 3.63) is 221 Å². The predicted molar refractivity (Wildman–Crippen MR) is 287 cm³/mol. The summed E-state index contributed by atoms with van der Waals surface area (Å²) in [5, 5.41) is 24.6. The van der Waals surface area contributed by atoms with Gasteiger partial charge in [0.25, 0.3) is 0 Å². The van der Waals surface area contributed by atoms with Crippen LogP contribution in [-0.2, 0) is 29.0 Å². The largest absolute Gasteiger partial charge is 0.477 e. The van der Waals surface area contributed by atoms with Crippen LogP contribution in [0, 0.1) is 0 Å². The Morgan fingerprint density at radius 3 is 1.93 bits per heavy atom. The van der Waals surface area contributed by atoms with Crippen molar-refractivity contribution in [2.24, 2.45) is 0 Å². The van der Waals surface area contributed by atoms with Crippen molar-refractivity contribution in [2.45, 2.75) is 68.9 Å². The lowest BCUT2D eigenvalue weighted by atomic mass is 9.77. The maximum atomic E-state index is 13.1. The van der Waals surface area contributed by atoms with Crippen molar-refractivity contribution < 1.29 is 24.2 Å². The number of tetrazole rings is 1. The molecule has 0 saturated carbocycles. The summed E-state index contributed by atoms with van der Waals surface area (Å²) in [6.45, 7) is 7.78. The molecule has 1 amide bonds. The molecule has 9 rings (SSSR count). The van der Waals surface area contributed by atoms with Crippen LogP contribution in [0.1, 0.15) is 78.4 Å². The SMILES string of the molecule is CCCc1nc(CSc2cccc(Oc3ccc(N)c(N(C)C(=O)OC(C)(C)C)c3)c2)c(C(=O)O)n1Cc1ccc(-c2ccccc2-c2nnnn2C(c2ccccc2)(c2ccccc2)c2ccccc2)cc1. The number of hydrogen-bond acceptors (Lipinski definition) is 10. The Morgan fingerprint density at radius 2 is 1.33 bits per heavy atom. The van der Waals surface area contributed by atoms with E-state index in [2.05, 4.69) is 66.7 Å². The standard InChI is InChI=1S/C59H56N8O5S/c1-6-19-53-61-51(39-73-47-27-18-26-45(36-47)71-46-34-35-50(60)52(37-46)65(5)57(70)72-58(2,3)4)54(56(68)69)66(53)38-40-30-32-41(33-31-40)48-28-16-17-29-49(48)55-62-63-64-67(55)59(42-20-10-7-11-21-42,43-22-12-8-13-23-43)44-24-14-9-15-25-44/h7-18,20-37H,6,19,38-39,60H2,1-5H3,(H,68,69). The zero-order valence-electron chi connectivity index (χ0n) is 41.3. The maximum Gasteiger partial charge on any atom is 0.414 e. The fourth-order valence-corrected chi connectivity index (χ4v) is 9.97. The fourth-order valence-electron chi connectivity index (χ4n) is 9.09. The van der Waals surface area contributed by atoms with Gasteiger partial charge in [-0.15, -0.1) is 16.9 Å². The number of carbonyl (C=O) groups excluding carboxylic acids is 1. The van der Waals surface area contributed by atoms with E-state index >= 15 is 0 Å². The third-order valence-electron chi connectivity index (χ3n) is 12.4. The number of hydrogen-bond donors (Lipinski definition) is 2. The Kier molecular flexibility index (Phi) is 14.6. The average Bonchev–Trinajstić information content (AvgIpc) is 4.02. The minimum Gasteiger partial charge on any atom is -0.477 e. The number of benzene rings is 7. The first kappa shape index (κ1) is 49.5. The van der Waals surface area contributed by atoms with Crippen molar-refractivity contribution in [3.63, 3.8) is 0 Å². The maximum absolute atomic E-state index is 13.1. The molecule has 0 fully saturated rings. The van der Waals surface area contributed by atoms with Crippen molar-refractivity contribution in [2.75, 3.05) is 17.7 Å². The lowest BCUT2D eigenvalue weighted by Crippen LogP contribution is -2.39. The first-order valence-corrected chi connectivity index (χ1v) is 25.0. The van der Waals surface area contributed by atoms with Gasteiger partial charge >= 0.3 is 12.1 Å². The molecule has 0 radical (unpaired) electrons. The molecule has 13 nitrogen and oxygen atoms in total. The van der Waals surface area contributed by atoms with Crippen LogP contribution in [0.3, 0.4) is 0 Å². The second-order valence-electron chi connectivity index (χ2n) is 18.6. The number of carboxylic acids is 1. The Morgan fingerprint density at radius 1 is 0.726 bits per heavy atom. The third kappa shape index (κ3) is 10.6. The lowest BCUT2D eigenvalue weighted by Gasteiger charge is -2.36. The predicted octanol–water partition coefficient (Wildman–Crippen LogP) is 12.8. The van der Waals surface area contributed by atoms with Crippen molar-refractivity contribution in [1.82, 2.24) is 29.8 Å². The lowest BCUT2D eigenvalue weighted by molar-refractivity contribution is 0.0588. The van der Waals surface area contributed by atoms with Crippen LogP contribution in [-0.4, -0.2) is 59.6 Å². The summed E-state index contributed by atoms with van der Waals surface area (Å²) in [6, 6.07) is 59.9.